The van der Waals surface area contributed by atoms with E-state index in [4.69, 9.17) is 9.97 Å². The largest absolute Gasteiger partial charge is 0.352 e. The Morgan fingerprint density at radius 2 is 1.37 bits per heavy atom. The van der Waals surface area contributed by atoms with Crippen LogP contribution in [-0.2, 0) is 16.0 Å². The Kier molecular flexibility index (Phi) is 5.12. The maximum Gasteiger partial charge on any atom is 0.227 e. The fraction of sp³-hybridized carbons (Fsp3) is 0.667. The van der Waals surface area contributed by atoms with Gasteiger partial charge < -0.3 is 19.6 Å². The van der Waals surface area contributed by atoms with Crippen molar-refractivity contribution in [2.45, 2.75) is 25.2 Å². The fourth-order valence-corrected chi connectivity index (χ4v) is 4.97. The summed E-state index contributed by atoms with van der Waals surface area (Å²) in [5, 5.41) is 0. The fourth-order valence-electron chi connectivity index (χ4n) is 3.85. The number of rotatable bonds is 2. The lowest BCUT2D eigenvalue weighted by Gasteiger charge is -2.37. The number of fused-ring (bicyclic) bond motifs is 1. The summed E-state index contributed by atoms with van der Waals surface area (Å²) < 4.78 is 0. The molecule has 2 saturated heterocycles. The van der Waals surface area contributed by atoms with Gasteiger partial charge in [0.05, 0.1) is 10.6 Å². The van der Waals surface area contributed by atoms with Crippen LogP contribution in [0, 0.1) is 0 Å². The molecule has 4 rings (SSSR count). The van der Waals surface area contributed by atoms with Crippen LogP contribution in [0.3, 0.4) is 0 Å². The third kappa shape index (κ3) is 3.69. The summed E-state index contributed by atoms with van der Waals surface area (Å²) in [7, 11) is 0. The molecule has 27 heavy (non-hydrogen) atoms. The lowest BCUT2D eigenvalue weighted by Crippen LogP contribution is -2.49. The zero-order valence-electron chi connectivity index (χ0n) is 16.0. The Labute approximate surface area is 163 Å². The Hall–Kier alpha value is -2.03. The summed E-state index contributed by atoms with van der Waals surface area (Å²) in [6.07, 6.45) is 0.976. The minimum atomic E-state index is 0.130. The van der Waals surface area contributed by atoms with Crippen molar-refractivity contribution in [1.82, 2.24) is 19.8 Å². The van der Waals surface area contributed by atoms with Crippen molar-refractivity contribution in [3.8, 4) is 0 Å². The first kappa shape index (κ1) is 18.3. The standard InChI is InChI=1S/C18H26N6O2S/c1-13(25)21-4-8-23(9-5-21)17-16-15(3-12-27-16)19-18(20-17)24-10-6-22(7-11-24)14(2)26/h3-12H2,1-2H3. The number of piperazine rings is 2. The monoisotopic (exact) mass is 390 g/mol. The van der Waals surface area contributed by atoms with Crippen LogP contribution >= 0.6 is 11.8 Å². The van der Waals surface area contributed by atoms with Gasteiger partial charge in [-0.15, -0.1) is 11.8 Å². The van der Waals surface area contributed by atoms with Gasteiger partial charge in [0.25, 0.3) is 0 Å². The van der Waals surface area contributed by atoms with E-state index in [0.717, 1.165) is 82.0 Å². The minimum Gasteiger partial charge on any atom is -0.352 e. The van der Waals surface area contributed by atoms with Crippen molar-refractivity contribution in [1.29, 1.82) is 0 Å². The third-order valence-electron chi connectivity index (χ3n) is 5.52. The van der Waals surface area contributed by atoms with Gasteiger partial charge in [-0.05, 0) is 0 Å². The second-order valence-corrected chi connectivity index (χ2v) is 8.31. The molecule has 0 bridgehead atoms. The predicted molar refractivity (Wildman–Crippen MR) is 105 cm³/mol. The van der Waals surface area contributed by atoms with Crippen LogP contribution in [0.15, 0.2) is 4.90 Å². The SMILES string of the molecule is CC(=O)N1CCN(c2nc3c(c(N4CCN(C(C)=O)CC4)n2)SCC3)CC1. The molecular formula is C18H26N6O2S. The van der Waals surface area contributed by atoms with Gasteiger partial charge in [0.15, 0.2) is 0 Å². The van der Waals surface area contributed by atoms with E-state index in [0.29, 0.717) is 0 Å². The third-order valence-corrected chi connectivity index (χ3v) is 6.64. The van der Waals surface area contributed by atoms with E-state index in [2.05, 4.69) is 9.80 Å². The smallest absolute Gasteiger partial charge is 0.227 e. The molecule has 0 N–H and O–H groups in total. The number of carbonyl (C=O) groups is 2. The van der Waals surface area contributed by atoms with Crippen LogP contribution in [0.25, 0.3) is 0 Å². The molecule has 9 heteroatoms. The molecule has 3 aliphatic rings. The summed E-state index contributed by atoms with van der Waals surface area (Å²) in [4.78, 5) is 42.4. The zero-order chi connectivity index (χ0) is 19.0. The molecule has 0 saturated carbocycles. The minimum absolute atomic E-state index is 0.130. The lowest BCUT2D eigenvalue weighted by molar-refractivity contribution is -0.129. The molecule has 0 spiro atoms. The normalized spacial score (nSPS) is 20.1. The molecule has 8 nitrogen and oxygen atoms in total. The molecular weight excluding hydrogens is 364 g/mol. The van der Waals surface area contributed by atoms with Crippen LogP contribution in [0.5, 0.6) is 0 Å². The average molecular weight is 391 g/mol. The molecule has 0 unspecified atom stereocenters. The van der Waals surface area contributed by atoms with Crippen molar-refractivity contribution in [2.75, 3.05) is 67.9 Å². The van der Waals surface area contributed by atoms with Gasteiger partial charge in [-0.25, -0.2) is 4.98 Å². The van der Waals surface area contributed by atoms with Gasteiger partial charge in [0, 0.05) is 78.4 Å². The molecule has 2 fully saturated rings. The molecule has 3 aliphatic heterocycles. The first-order valence-electron chi connectivity index (χ1n) is 9.57. The Balaban J connectivity index is 1.54. The Morgan fingerprint density at radius 3 is 1.93 bits per heavy atom. The molecule has 4 heterocycles. The topological polar surface area (TPSA) is 72.9 Å². The lowest BCUT2D eigenvalue weighted by atomic mass is 10.2. The summed E-state index contributed by atoms with van der Waals surface area (Å²) in [5.74, 6) is 3.12. The number of nitrogens with zero attached hydrogens (tertiary/aromatic N) is 6. The molecule has 0 aliphatic carbocycles. The summed E-state index contributed by atoms with van der Waals surface area (Å²) >= 11 is 1.84. The number of carbonyl (C=O) groups excluding carboxylic acids is 2. The quantitative estimate of drug-likeness (QED) is 0.726. The van der Waals surface area contributed by atoms with Crippen molar-refractivity contribution in [2.24, 2.45) is 0 Å². The second kappa shape index (κ2) is 7.53. The Bertz CT molecular complexity index is 742. The van der Waals surface area contributed by atoms with E-state index in [1.807, 2.05) is 21.6 Å². The van der Waals surface area contributed by atoms with E-state index in [1.54, 1.807) is 13.8 Å². The number of hydrogen-bond acceptors (Lipinski definition) is 7. The van der Waals surface area contributed by atoms with Crippen molar-refractivity contribution in [3.05, 3.63) is 5.69 Å². The summed E-state index contributed by atoms with van der Waals surface area (Å²) in [5.41, 5.74) is 1.14. The van der Waals surface area contributed by atoms with Gasteiger partial charge in [0.2, 0.25) is 17.8 Å². The van der Waals surface area contributed by atoms with E-state index < -0.39 is 0 Å². The van der Waals surface area contributed by atoms with Gasteiger partial charge >= 0.3 is 0 Å². The second-order valence-electron chi connectivity index (χ2n) is 7.21. The highest BCUT2D eigenvalue weighted by Crippen LogP contribution is 2.38. The van der Waals surface area contributed by atoms with E-state index in [1.165, 1.54) is 4.90 Å². The zero-order valence-corrected chi connectivity index (χ0v) is 16.8. The highest BCUT2D eigenvalue weighted by atomic mass is 32.2. The van der Waals surface area contributed by atoms with E-state index in [-0.39, 0.29) is 11.8 Å². The highest BCUT2D eigenvalue weighted by molar-refractivity contribution is 7.99. The summed E-state index contributed by atoms with van der Waals surface area (Å²) in [6.45, 7) is 9.32. The number of amides is 2. The Morgan fingerprint density at radius 1 is 0.815 bits per heavy atom. The van der Waals surface area contributed by atoms with Gasteiger partial charge in [-0.3, -0.25) is 9.59 Å². The van der Waals surface area contributed by atoms with E-state index >= 15 is 0 Å². The first-order chi connectivity index (χ1) is 13.0. The van der Waals surface area contributed by atoms with Gasteiger partial charge in [-0.2, -0.15) is 4.98 Å². The van der Waals surface area contributed by atoms with Crippen molar-refractivity contribution in [3.63, 3.8) is 0 Å². The summed E-state index contributed by atoms with van der Waals surface area (Å²) in [6, 6.07) is 0. The van der Waals surface area contributed by atoms with Crippen LogP contribution in [0.1, 0.15) is 19.5 Å². The molecule has 0 aromatic carbocycles. The van der Waals surface area contributed by atoms with Crippen LogP contribution < -0.4 is 9.80 Å². The molecule has 146 valence electrons. The molecule has 1 aromatic rings. The molecule has 0 atom stereocenters. The number of thioether (sulfide) groups is 1. The van der Waals surface area contributed by atoms with Crippen LogP contribution in [0.2, 0.25) is 0 Å². The molecule has 2 amide bonds. The molecule has 1 aromatic heterocycles. The van der Waals surface area contributed by atoms with E-state index in [9.17, 15) is 9.59 Å². The van der Waals surface area contributed by atoms with Gasteiger partial charge in [-0.1, -0.05) is 0 Å². The maximum absolute atomic E-state index is 11.6. The highest BCUT2D eigenvalue weighted by Gasteiger charge is 2.29. The maximum atomic E-state index is 11.6. The number of hydrogen-bond donors (Lipinski definition) is 0. The predicted octanol–water partition coefficient (Wildman–Crippen LogP) is 0.462. The first-order valence-corrected chi connectivity index (χ1v) is 10.6. The van der Waals surface area contributed by atoms with Crippen LogP contribution in [0.4, 0.5) is 11.8 Å². The van der Waals surface area contributed by atoms with Crippen molar-refractivity contribution >= 4 is 35.3 Å². The number of aryl methyl sites for hydroxylation is 1. The van der Waals surface area contributed by atoms with Crippen molar-refractivity contribution < 1.29 is 9.59 Å². The molecule has 0 radical (unpaired) electrons. The number of aromatic nitrogens is 2. The van der Waals surface area contributed by atoms with Crippen LogP contribution in [-0.4, -0.2) is 89.7 Å². The van der Waals surface area contributed by atoms with Gasteiger partial charge in [0.1, 0.15) is 5.82 Å². The number of anilines is 2. The average Bonchev–Trinajstić information content (AvgIpc) is 3.16.